The Morgan fingerprint density at radius 1 is 1.44 bits per heavy atom. The van der Waals surface area contributed by atoms with Gasteiger partial charge in [0, 0.05) is 0 Å². The minimum Gasteiger partial charge on any atom is -0.480 e. The third-order valence-corrected chi connectivity index (χ3v) is 2.28. The molecule has 0 spiro atoms. The van der Waals surface area contributed by atoms with Crippen LogP contribution in [0, 0.1) is 0 Å². The van der Waals surface area contributed by atoms with Crippen LogP contribution in [0.3, 0.4) is 0 Å². The molecule has 0 radical (unpaired) electrons. The highest BCUT2D eigenvalue weighted by atomic mass is 16.6. The van der Waals surface area contributed by atoms with E-state index < -0.39 is 29.6 Å². The van der Waals surface area contributed by atoms with Gasteiger partial charge in [-0.2, -0.15) is 0 Å². The van der Waals surface area contributed by atoms with E-state index in [9.17, 15) is 14.4 Å². The lowest BCUT2D eigenvalue weighted by molar-refractivity contribution is -0.155. The fourth-order valence-electron chi connectivity index (χ4n) is 1.44. The van der Waals surface area contributed by atoms with Crippen molar-refractivity contribution in [2.75, 3.05) is 13.1 Å². The largest absolute Gasteiger partial charge is 0.480 e. The summed E-state index contributed by atoms with van der Waals surface area (Å²) in [5.74, 6) is 3.43. The molecule has 8 heteroatoms. The number of rotatable bonds is 1. The van der Waals surface area contributed by atoms with Crippen LogP contribution in [0.2, 0.25) is 0 Å². The smallest absolute Gasteiger partial charge is 0.410 e. The van der Waals surface area contributed by atoms with Gasteiger partial charge in [0.25, 0.3) is 5.91 Å². The number of hydrogen-bond acceptors (Lipinski definition) is 5. The van der Waals surface area contributed by atoms with E-state index in [4.69, 9.17) is 15.7 Å². The molecule has 1 heterocycles. The first-order chi connectivity index (χ1) is 8.11. The van der Waals surface area contributed by atoms with Crippen molar-refractivity contribution in [1.29, 1.82) is 0 Å². The second-order valence-corrected chi connectivity index (χ2v) is 5.02. The number of carbonyl (C=O) groups excluding carboxylic acids is 2. The maximum Gasteiger partial charge on any atom is 0.410 e. The van der Waals surface area contributed by atoms with E-state index in [1.165, 1.54) is 0 Å². The van der Waals surface area contributed by atoms with Crippen LogP contribution in [0.25, 0.3) is 0 Å². The van der Waals surface area contributed by atoms with Gasteiger partial charge < -0.3 is 9.84 Å². The maximum atomic E-state index is 11.7. The van der Waals surface area contributed by atoms with E-state index in [0.29, 0.717) is 5.01 Å². The average Bonchev–Trinajstić information content (AvgIpc) is 2.18. The number of nitrogens with two attached hydrogens (primary N) is 1. The first kappa shape index (κ1) is 14.2. The first-order valence-corrected chi connectivity index (χ1v) is 5.39. The van der Waals surface area contributed by atoms with Gasteiger partial charge in [-0.15, -0.1) is 0 Å². The van der Waals surface area contributed by atoms with E-state index >= 15 is 0 Å². The zero-order valence-electron chi connectivity index (χ0n) is 10.5. The normalized spacial score (nSPS) is 20.9. The van der Waals surface area contributed by atoms with E-state index in [1.807, 2.05) is 0 Å². The van der Waals surface area contributed by atoms with Gasteiger partial charge in [-0.1, -0.05) is 0 Å². The Morgan fingerprint density at radius 2 is 2.00 bits per heavy atom. The molecule has 1 aliphatic heterocycles. The van der Waals surface area contributed by atoms with Crippen molar-refractivity contribution >= 4 is 18.0 Å². The fourth-order valence-corrected chi connectivity index (χ4v) is 1.44. The summed E-state index contributed by atoms with van der Waals surface area (Å²) in [7, 11) is 0. The van der Waals surface area contributed by atoms with Gasteiger partial charge in [0.05, 0.1) is 6.54 Å². The third kappa shape index (κ3) is 3.33. The summed E-state index contributed by atoms with van der Waals surface area (Å²) >= 11 is 0. The topological polar surface area (TPSA) is 113 Å². The molecule has 1 saturated heterocycles. The first-order valence-electron chi connectivity index (χ1n) is 5.39. The van der Waals surface area contributed by atoms with Crippen molar-refractivity contribution < 1.29 is 24.2 Å². The average molecular weight is 259 g/mol. The van der Waals surface area contributed by atoms with Crippen LogP contribution in [-0.4, -0.2) is 57.7 Å². The Hall–Kier alpha value is -1.83. The highest BCUT2D eigenvalue weighted by molar-refractivity contribution is 5.89. The number of piperazine rings is 1. The second kappa shape index (κ2) is 4.81. The van der Waals surface area contributed by atoms with Crippen molar-refractivity contribution in [1.82, 2.24) is 9.91 Å². The lowest BCUT2D eigenvalue weighted by Gasteiger charge is -2.36. The molecule has 1 unspecified atom stereocenters. The summed E-state index contributed by atoms with van der Waals surface area (Å²) in [4.78, 5) is 35.2. The SMILES string of the molecule is CC(C)(C)OC(=O)N1CC(=O)N(N)C(C(=O)O)C1. The highest BCUT2D eigenvalue weighted by Gasteiger charge is 2.38. The molecular formula is C10H17N3O5. The molecule has 0 aromatic heterocycles. The minimum absolute atomic E-state index is 0.188. The Kier molecular flexibility index (Phi) is 3.80. The lowest BCUT2D eigenvalue weighted by atomic mass is 10.2. The Morgan fingerprint density at radius 3 is 2.44 bits per heavy atom. The molecule has 1 atom stereocenters. The van der Waals surface area contributed by atoms with Gasteiger partial charge in [0.2, 0.25) is 0 Å². The van der Waals surface area contributed by atoms with Gasteiger partial charge in [-0.25, -0.2) is 15.4 Å². The summed E-state index contributed by atoms with van der Waals surface area (Å²) < 4.78 is 5.07. The number of carbonyl (C=O) groups is 3. The third-order valence-electron chi connectivity index (χ3n) is 2.28. The number of carboxylic acid groups (broad SMARTS) is 1. The summed E-state index contributed by atoms with van der Waals surface area (Å²) in [6.45, 7) is 4.57. The highest BCUT2D eigenvalue weighted by Crippen LogP contribution is 2.14. The van der Waals surface area contributed by atoms with E-state index in [2.05, 4.69) is 0 Å². The van der Waals surface area contributed by atoms with Crippen LogP contribution >= 0.6 is 0 Å². The Bertz CT molecular complexity index is 376. The molecule has 2 amide bonds. The van der Waals surface area contributed by atoms with E-state index in [1.54, 1.807) is 20.8 Å². The molecule has 0 saturated carbocycles. The number of carboxylic acids is 1. The van der Waals surface area contributed by atoms with Crippen molar-refractivity contribution in [3.05, 3.63) is 0 Å². The number of hydrogen-bond donors (Lipinski definition) is 2. The van der Waals surface area contributed by atoms with Crippen molar-refractivity contribution in [2.24, 2.45) is 5.84 Å². The minimum atomic E-state index is -1.26. The van der Waals surface area contributed by atoms with Gasteiger partial charge in [0.15, 0.2) is 6.04 Å². The summed E-state index contributed by atoms with van der Waals surface area (Å²) in [5.41, 5.74) is -0.710. The van der Waals surface area contributed by atoms with Crippen molar-refractivity contribution in [3.63, 3.8) is 0 Å². The van der Waals surface area contributed by atoms with E-state index in [0.717, 1.165) is 4.90 Å². The number of hydrazine groups is 1. The molecule has 1 aliphatic rings. The molecule has 18 heavy (non-hydrogen) atoms. The van der Waals surface area contributed by atoms with Crippen LogP contribution < -0.4 is 5.84 Å². The molecule has 0 aromatic rings. The maximum absolute atomic E-state index is 11.7. The number of ether oxygens (including phenoxy) is 1. The number of amides is 2. The summed E-state index contributed by atoms with van der Waals surface area (Å²) in [6.07, 6.45) is -0.727. The van der Waals surface area contributed by atoms with Crippen molar-refractivity contribution in [2.45, 2.75) is 32.4 Å². The molecular weight excluding hydrogens is 242 g/mol. The zero-order chi connectivity index (χ0) is 14.1. The molecule has 0 bridgehead atoms. The Balaban J connectivity index is 2.77. The Labute approximate surface area is 104 Å². The van der Waals surface area contributed by atoms with Gasteiger partial charge in [-0.05, 0) is 20.8 Å². The van der Waals surface area contributed by atoms with Crippen LogP contribution in [0.15, 0.2) is 0 Å². The molecule has 3 N–H and O–H groups in total. The summed E-state index contributed by atoms with van der Waals surface area (Å²) in [6, 6.07) is -1.25. The molecule has 1 rings (SSSR count). The fraction of sp³-hybridized carbons (Fsp3) is 0.700. The number of aliphatic carboxylic acids is 1. The predicted octanol–water partition coefficient (Wildman–Crippen LogP) is -0.607. The van der Waals surface area contributed by atoms with Crippen LogP contribution in [0.4, 0.5) is 4.79 Å². The monoisotopic (exact) mass is 259 g/mol. The van der Waals surface area contributed by atoms with Gasteiger partial charge in [0.1, 0.15) is 12.1 Å². The predicted molar refractivity (Wildman–Crippen MR) is 60.3 cm³/mol. The zero-order valence-corrected chi connectivity index (χ0v) is 10.5. The summed E-state index contributed by atoms with van der Waals surface area (Å²) in [5, 5.41) is 9.53. The molecule has 1 fully saturated rings. The van der Waals surface area contributed by atoms with Crippen LogP contribution in [-0.2, 0) is 14.3 Å². The molecule has 8 nitrogen and oxygen atoms in total. The standard InChI is InChI=1S/C10H17N3O5/c1-10(2,3)18-9(17)12-4-6(8(15)16)13(11)7(14)5-12/h6H,4-5,11H2,1-3H3,(H,15,16). The molecule has 0 aliphatic carbocycles. The molecule has 102 valence electrons. The molecule has 0 aromatic carbocycles. The second-order valence-electron chi connectivity index (χ2n) is 5.02. The lowest BCUT2D eigenvalue weighted by Crippen LogP contribution is -2.63. The number of nitrogens with zero attached hydrogens (tertiary/aromatic N) is 2. The van der Waals surface area contributed by atoms with E-state index in [-0.39, 0.29) is 13.1 Å². The van der Waals surface area contributed by atoms with Gasteiger partial charge >= 0.3 is 12.1 Å². The van der Waals surface area contributed by atoms with Gasteiger partial charge in [-0.3, -0.25) is 14.7 Å². The van der Waals surface area contributed by atoms with Crippen molar-refractivity contribution in [3.8, 4) is 0 Å². The quantitative estimate of drug-likeness (QED) is 0.480. The van der Waals surface area contributed by atoms with Crippen LogP contribution in [0.5, 0.6) is 0 Å². The van der Waals surface area contributed by atoms with Crippen LogP contribution in [0.1, 0.15) is 20.8 Å².